The first-order valence-electron chi connectivity index (χ1n) is 11.7. The highest BCUT2D eigenvalue weighted by Gasteiger charge is 2.19. The van der Waals surface area contributed by atoms with E-state index >= 15 is 0 Å². The van der Waals surface area contributed by atoms with Gasteiger partial charge in [0.2, 0.25) is 0 Å². The van der Waals surface area contributed by atoms with Gasteiger partial charge in [-0.25, -0.2) is 0 Å². The average molecular weight is 436 g/mol. The van der Waals surface area contributed by atoms with Gasteiger partial charge in [-0.1, -0.05) is 103 Å². The first-order chi connectivity index (χ1) is 16.8. The second kappa shape index (κ2) is 8.53. The highest BCUT2D eigenvalue weighted by Crippen LogP contribution is 2.44. The van der Waals surface area contributed by atoms with E-state index in [1.165, 1.54) is 43.9 Å². The Labute approximate surface area is 200 Å². The van der Waals surface area contributed by atoms with Crippen molar-refractivity contribution in [3.05, 3.63) is 139 Å². The fraction of sp³-hybridized carbons (Fsp3) is 0.0303. The molecule has 6 aromatic rings. The molecule has 0 aromatic heterocycles. The summed E-state index contributed by atoms with van der Waals surface area (Å²) in [7, 11) is 0. The number of nitrogens with zero attached hydrogens (tertiary/aromatic N) is 1. The first kappa shape index (κ1) is 20.3. The second-order valence-corrected chi connectivity index (χ2v) is 8.75. The molecule has 0 radical (unpaired) electrons. The molecule has 0 heterocycles. The fourth-order valence-corrected chi connectivity index (χ4v) is 4.79. The standard InChI is InChI=1S/C33H25N/c1-24-15-20-30(21-16-24)34(29-12-3-2-4-13-29)32-22-19-26-10-7-8-14-31(26)33(32)28-18-17-25-9-5-6-11-27(25)23-28/h2-23H,1H3. The lowest BCUT2D eigenvalue weighted by molar-refractivity contribution is 1.28. The van der Waals surface area contributed by atoms with Gasteiger partial charge < -0.3 is 4.90 Å². The number of anilines is 3. The molecule has 0 atom stereocenters. The molecule has 0 saturated heterocycles. The van der Waals surface area contributed by atoms with Gasteiger partial charge in [-0.05, 0) is 70.4 Å². The molecule has 0 aliphatic carbocycles. The third kappa shape index (κ3) is 3.62. The lowest BCUT2D eigenvalue weighted by atomic mass is 9.93. The van der Waals surface area contributed by atoms with Crippen LogP contribution in [0.5, 0.6) is 0 Å². The topological polar surface area (TPSA) is 3.24 Å². The minimum atomic E-state index is 1.14. The summed E-state index contributed by atoms with van der Waals surface area (Å²) in [6.45, 7) is 2.13. The lowest BCUT2D eigenvalue weighted by Gasteiger charge is -2.29. The molecule has 0 amide bonds. The molecule has 6 aromatic carbocycles. The maximum atomic E-state index is 2.37. The lowest BCUT2D eigenvalue weighted by Crippen LogP contribution is -2.11. The van der Waals surface area contributed by atoms with Gasteiger partial charge in [-0.3, -0.25) is 0 Å². The summed E-state index contributed by atoms with van der Waals surface area (Å²) in [6, 6.07) is 48.0. The van der Waals surface area contributed by atoms with Gasteiger partial charge in [0.15, 0.2) is 0 Å². The number of fused-ring (bicyclic) bond motifs is 2. The Morgan fingerprint density at radius 3 is 1.88 bits per heavy atom. The van der Waals surface area contributed by atoms with Gasteiger partial charge in [0.05, 0.1) is 5.69 Å². The van der Waals surface area contributed by atoms with Crippen LogP contribution >= 0.6 is 0 Å². The monoisotopic (exact) mass is 435 g/mol. The summed E-state index contributed by atoms with van der Waals surface area (Å²) in [5, 5.41) is 5.00. The molecule has 162 valence electrons. The van der Waals surface area contributed by atoms with E-state index in [0.717, 1.165) is 11.4 Å². The zero-order chi connectivity index (χ0) is 22.9. The van der Waals surface area contributed by atoms with Gasteiger partial charge in [-0.2, -0.15) is 0 Å². The van der Waals surface area contributed by atoms with Crippen LogP contribution in [0.2, 0.25) is 0 Å². The van der Waals surface area contributed by atoms with Crippen LogP contribution < -0.4 is 4.90 Å². The molecular formula is C33H25N. The molecule has 1 nitrogen and oxygen atoms in total. The van der Waals surface area contributed by atoms with Crippen molar-refractivity contribution in [2.45, 2.75) is 6.92 Å². The fourth-order valence-electron chi connectivity index (χ4n) is 4.79. The predicted octanol–water partition coefficient (Wildman–Crippen LogP) is 9.44. The molecule has 34 heavy (non-hydrogen) atoms. The second-order valence-electron chi connectivity index (χ2n) is 8.75. The number of para-hydroxylation sites is 1. The number of rotatable bonds is 4. The van der Waals surface area contributed by atoms with Gasteiger partial charge in [-0.15, -0.1) is 0 Å². The smallest absolute Gasteiger partial charge is 0.0546 e. The van der Waals surface area contributed by atoms with E-state index in [4.69, 9.17) is 0 Å². The Kier molecular flexibility index (Phi) is 5.08. The summed E-state index contributed by atoms with van der Waals surface area (Å²) >= 11 is 0. The van der Waals surface area contributed by atoms with E-state index in [9.17, 15) is 0 Å². The maximum Gasteiger partial charge on any atom is 0.0546 e. The SMILES string of the molecule is Cc1ccc(N(c2ccccc2)c2ccc3ccccc3c2-c2ccc3ccccc3c2)cc1. The maximum absolute atomic E-state index is 2.37. The molecule has 1 heteroatoms. The Balaban J connectivity index is 1.67. The molecule has 6 rings (SSSR count). The molecule has 0 saturated carbocycles. The highest BCUT2D eigenvalue weighted by molar-refractivity contribution is 6.06. The van der Waals surface area contributed by atoms with Crippen molar-refractivity contribution < 1.29 is 0 Å². The predicted molar refractivity (Wildman–Crippen MR) is 146 cm³/mol. The van der Waals surface area contributed by atoms with Gasteiger partial charge in [0.25, 0.3) is 0 Å². The van der Waals surface area contributed by atoms with Crippen LogP contribution in [0.3, 0.4) is 0 Å². The van der Waals surface area contributed by atoms with Crippen LogP contribution in [0.25, 0.3) is 32.7 Å². The summed E-state index contributed by atoms with van der Waals surface area (Å²) in [5.41, 5.74) is 7.18. The van der Waals surface area contributed by atoms with E-state index in [0.29, 0.717) is 0 Å². The van der Waals surface area contributed by atoms with Gasteiger partial charge in [0, 0.05) is 16.9 Å². The van der Waals surface area contributed by atoms with Crippen LogP contribution in [0.4, 0.5) is 17.1 Å². The van der Waals surface area contributed by atoms with Crippen molar-refractivity contribution in [1.29, 1.82) is 0 Å². The molecular weight excluding hydrogens is 410 g/mol. The van der Waals surface area contributed by atoms with Crippen molar-refractivity contribution in [1.82, 2.24) is 0 Å². The zero-order valence-electron chi connectivity index (χ0n) is 19.1. The summed E-state index contributed by atoms with van der Waals surface area (Å²) in [6.07, 6.45) is 0. The molecule has 0 aliphatic rings. The van der Waals surface area contributed by atoms with Crippen molar-refractivity contribution >= 4 is 38.6 Å². The van der Waals surface area contributed by atoms with Crippen LogP contribution in [0.1, 0.15) is 5.56 Å². The molecule has 0 fully saturated rings. The van der Waals surface area contributed by atoms with Crippen molar-refractivity contribution in [2.24, 2.45) is 0 Å². The Morgan fingerprint density at radius 1 is 0.471 bits per heavy atom. The van der Waals surface area contributed by atoms with Crippen LogP contribution in [0.15, 0.2) is 133 Å². The molecule has 0 spiro atoms. The Hall–Kier alpha value is -4.36. The van der Waals surface area contributed by atoms with E-state index in [1.54, 1.807) is 0 Å². The van der Waals surface area contributed by atoms with E-state index in [1.807, 2.05) is 0 Å². The van der Waals surface area contributed by atoms with Crippen LogP contribution in [-0.4, -0.2) is 0 Å². The van der Waals surface area contributed by atoms with Gasteiger partial charge >= 0.3 is 0 Å². The van der Waals surface area contributed by atoms with Crippen LogP contribution in [0, 0.1) is 6.92 Å². The normalized spacial score (nSPS) is 11.1. The van der Waals surface area contributed by atoms with Crippen LogP contribution in [-0.2, 0) is 0 Å². The zero-order valence-corrected chi connectivity index (χ0v) is 19.1. The molecule has 0 unspecified atom stereocenters. The highest BCUT2D eigenvalue weighted by atomic mass is 15.1. The van der Waals surface area contributed by atoms with E-state index in [-0.39, 0.29) is 0 Å². The van der Waals surface area contributed by atoms with Crippen molar-refractivity contribution in [2.75, 3.05) is 4.90 Å². The number of aryl methyl sites for hydroxylation is 1. The minimum absolute atomic E-state index is 1.14. The molecule has 0 aliphatic heterocycles. The quantitative estimate of drug-likeness (QED) is 0.266. The number of benzene rings is 6. The summed E-state index contributed by atoms with van der Waals surface area (Å²) in [5.74, 6) is 0. The van der Waals surface area contributed by atoms with E-state index in [2.05, 4.69) is 145 Å². The Morgan fingerprint density at radius 2 is 1.09 bits per heavy atom. The minimum Gasteiger partial charge on any atom is -0.310 e. The average Bonchev–Trinajstić information content (AvgIpc) is 2.90. The number of hydrogen-bond acceptors (Lipinski definition) is 1. The molecule has 0 N–H and O–H groups in total. The third-order valence-electron chi connectivity index (χ3n) is 6.49. The van der Waals surface area contributed by atoms with Gasteiger partial charge in [0.1, 0.15) is 0 Å². The Bertz CT molecular complexity index is 1600. The number of hydrogen-bond donors (Lipinski definition) is 0. The van der Waals surface area contributed by atoms with Crippen molar-refractivity contribution in [3.8, 4) is 11.1 Å². The largest absolute Gasteiger partial charge is 0.310 e. The third-order valence-corrected chi connectivity index (χ3v) is 6.49. The first-order valence-corrected chi connectivity index (χ1v) is 11.7. The van der Waals surface area contributed by atoms with Crippen molar-refractivity contribution in [3.63, 3.8) is 0 Å². The summed E-state index contributed by atoms with van der Waals surface area (Å²) in [4.78, 5) is 2.37. The van der Waals surface area contributed by atoms with E-state index < -0.39 is 0 Å². The summed E-state index contributed by atoms with van der Waals surface area (Å²) < 4.78 is 0. The molecule has 0 bridgehead atoms.